The molecule has 14 heavy (non-hydrogen) atoms. The molecule has 0 N–H and O–H groups in total. The Kier molecular flexibility index (Phi) is 3.71. The van der Waals surface area contributed by atoms with Gasteiger partial charge in [0.1, 0.15) is 5.76 Å². The maximum atomic E-state index is 11.0. The maximum absolute atomic E-state index is 11.0. The minimum atomic E-state index is -0.831. The Hall–Kier alpha value is -1.29. The highest BCUT2D eigenvalue weighted by atomic mass is 35.5. The summed E-state index contributed by atoms with van der Waals surface area (Å²) in [6.45, 7) is 0. The first-order chi connectivity index (χ1) is 6.63. The number of ether oxygens (including phenoxy) is 1. The van der Waals surface area contributed by atoms with Crippen molar-refractivity contribution in [3.63, 3.8) is 0 Å². The van der Waals surface area contributed by atoms with E-state index in [2.05, 4.69) is 4.74 Å². The van der Waals surface area contributed by atoms with Crippen LogP contribution in [0.3, 0.4) is 0 Å². The van der Waals surface area contributed by atoms with Crippen molar-refractivity contribution in [2.75, 3.05) is 7.11 Å². The van der Waals surface area contributed by atoms with Gasteiger partial charge < -0.3 is 9.15 Å². The Balaban J connectivity index is 2.41. The monoisotopic (exact) mass is 216 g/mol. The number of methoxy groups -OCH3 is 1. The predicted molar refractivity (Wildman–Crippen MR) is 49.1 cm³/mol. The molecule has 1 rings (SSSR count). The molecule has 0 aromatic carbocycles. The van der Waals surface area contributed by atoms with Crippen LogP contribution in [0.1, 0.15) is 12.2 Å². The lowest BCUT2D eigenvalue weighted by Gasteiger charge is -1.96. The zero-order valence-electron chi connectivity index (χ0n) is 7.58. The fourth-order valence-electron chi connectivity index (χ4n) is 0.939. The molecule has 1 aromatic rings. The fourth-order valence-corrected chi connectivity index (χ4v) is 1.10. The molecule has 4 nitrogen and oxygen atoms in total. The molecule has 76 valence electrons. The number of furan rings is 1. The predicted octanol–water partition coefficient (Wildman–Crippen LogP) is 1.61. The van der Waals surface area contributed by atoms with Crippen LogP contribution in [-0.4, -0.2) is 18.9 Å². The van der Waals surface area contributed by atoms with Crippen LogP contribution in [0.5, 0.6) is 0 Å². The highest BCUT2D eigenvalue weighted by molar-refractivity contribution is 6.33. The van der Waals surface area contributed by atoms with Crippen molar-refractivity contribution in [2.24, 2.45) is 0 Å². The van der Waals surface area contributed by atoms with Gasteiger partial charge in [-0.1, -0.05) is 0 Å². The summed E-state index contributed by atoms with van der Waals surface area (Å²) in [6, 6.07) is 3.24. The normalized spacial score (nSPS) is 9.86. The average Bonchev–Trinajstić information content (AvgIpc) is 2.59. The number of rotatable bonds is 4. The van der Waals surface area contributed by atoms with Crippen molar-refractivity contribution < 1.29 is 18.7 Å². The van der Waals surface area contributed by atoms with Crippen LogP contribution in [0.4, 0.5) is 0 Å². The van der Waals surface area contributed by atoms with E-state index in [1.807, 2.05) is 0 Å². The lowest BCUT2D eigenvalue weighted by atomic mass is 10.2. The van der Waals surface area contributed by atoms with E-state index in [9.17, 15) is 9.59 Å². The summed E-state index contributed by atoms with van der Waals surface area (Å²) in [5, 5.41) is 0.269. The molecule has 0 spiro atoms. The molecular weight excluding hydrogens is 208 g/mol. The van der Waals surface area contributed by atoms with Crippen LogP contribution >= 0.6 is 11.6 Å². The van der Waals surface area contributed by atoms with E-state index in [-0.39, 0.29) is 11.6 Å². The first-order valence-corrected chi connectivity index (χ1v) is 4.36. The summed E-state index contributed by atoms with van der Waals surface area (Å²) in [5.41, 5.74) is 0. The molecule has 0 amide bonds. The number of ketones is 1. The van der Waals surface area contributed by atoms with Crippen molar-refractivity contribution in [1.82, 2.24) is 0 Å². The molecule has 0 aliphatic carbocycles. The minimum Gasteiger partial charge on any atom is -0.463 e. The third-order valence-corrected chi connectivity index (χ3v) is 1.84. The van der Waals surface area contributed by atoms with E-state index < -0.39 is 11.8 Å². The van der Waals surface area contributed by atoms with Gasteiger partial charge >= 0.3 is 5.97 Å². The Bertz CT molecular complexity index is 342. The van der Waals surface area contributed by atoms with Gasteiger partial charge in [-0.15, -0.1) is 0 Å². The van der Waals surface area contributed by atoms with Gasteiger partial charge in [0.05, 0.1) is 7.11 Å². The number of hydrogen-bond acceptors (Lipinski definition) is 4. The fraction of sp³-hybridized carbons (Fsp3) is 0.333. The molecule has 0 bridgehead atoms. The number of Topliss-reactive ketones (excluding diaryl/α,β-unsaturated/α-hetero) is 1. The van der Waals surface area contributed by atoms with E-state index in [0.29, 0.717) is 12.2 Å². The second-order valence-electron chi connectivity index (χ2n) is 2.62. The zero-order valence-corrected chi connectivity index (χ0v) is 8.34. The Labute approximate surface area is 85.8 Å². The van der Waals surface area contributed by atoms with Gasteiger partial charge in [0.25, 0.3) is 0 Å². The first-order valence-electron chi connectivity index (χ1n) is 3.99. The highest BCUT2D eigenvalue weighted by Gasteiger charge is 2.14. The van der Waals surface area contributed by atoms with Crippen molar-refractivity contribution in [3.8, 4) is 0 Å². The molecule has 0 saturated carbocycles. The van der Waals surface area contributed by atoms with E-state index in [1.54, 1.807) is 12.1 Å². The van der Waals surface area contributed by atoms with Gasteiger partial charge in [-0.05, 0) is 23.7 Å². The van der Waals surface area contributed by atoms with Gasteiger partial charge in [0, 0.05) is 12.8 Å². The molecule has 5 heteroatoms. The number of hydrogen-bond donors (Lipinski definition) is 0. The van der Waals surface area contributed by atoms with E-state index in [4.69, 9.17) is 16.0 Å². The Morgan fingerprint density at radius 3 is 2.71 bits per heavy atom. The second-order valence-corrected chi connectivity index (χ2v) is 2.99. The van der Waals surface area contributed by atoms with Crippen molar-refractivity contribution in [3.05, 3.63) is 23.1 Å². The Morgan fingerprint density at radius 2 is 2.21 bits per heavy atom. The third kappa shape index (κ3) is 2.88. The molecule has 0 radical (unpaired) electrons. The Morgan fingerprint density at radius 1 is 1.50 bits per heavy atom. The molecule has 1 heterocycles. The average molecular weight is 217 g/mol. The summed E-state index contributed by atoms with van der Waals surface area (Å²) < 4.78 is 9.27. The van der Waals surface area contributed by atoms with Crippen LogP contribution in [0.25, 0.3) is 0 Å². The summed E-state index contributed by atoms with van der Waals surface area (Å²) in [7, 11) is 1.17. The third-order valence-electron chi connectivity index (χ3n) is 1.64. The van der Waals surface area contributed by atoms with Gasteiger partial charge in [-0.25, -0.2) is 4.79 Å². The smallest absolute Gasteiger partial charge is 0.374 e. The summed E-state index contributed by atoms with van der Waals surface area (Å²) >= 11 is 5.52. The summed E-state index contributed by atoms with van der Waals surface area (Å²) in [5.74, 6) is -0.824. The lowest BCUT2D eigenvalue weighted by Crippen LogP contribution is -2.15. The van der Waals surface area contributed by atoms with Crippen LogP contribution in [0, 0.1) is 0 Å². The molecular formula is C9H9ClO4. The van der Waals surface area contributed by atoms with Gasteiger partial charge in [-0.3, -0.25) is 4.79 Å². The van der Waals surface area contributed by atoms with Crippen LogP contribution in [0.15, 0.2) is 16.5 Å². The molecule has 0 unspecified atom stereocenters. The van der Waals surface area contributed by atoms with Crippen molar-refractivity contribution in [1.29, 1.82) is 0 Å². The molecule has 0 atom stereocenters. The highest BCUT2D eigenvalue weighted by Crippen LogP contribution is 2.14. The number of halogens is 1. The SMILES string of the molecule is COC(=O)C(=O)CCc1ccc(Cl)o1. The largest absolute Gasteiger partial charge is 0.463 e. The molecule has 0 fully saturated rings. The summed E-state index contributed by atoms with van der Waals surface area (Å²) in [6.07, 6.45) is 0.414. The number of aryl methyl sites for hydroxylation is 1. The van der Waals surface area contributed by atoms with Gasteiger partial charge in [0.2, 0.25) is 5.78 Å². The van der Waals surface area contributed by atoms with Crippen molar-refractivity contribution in [2.45, 2.75) is 12.8 Å². The van der Waals surface area contributed by atoms with E-state index in [0.717, 1.165) is 0 Å². The maximum Gasteiger partial charge on any atom is 0.374 e. The molecule has 0 saturated heterocycles. The van der Waals surface area contributed by atoms with Crippen molar-refractivity contribution >= 4 is 23.4 Å². The second kappa shape index (κ2) is 4.81. The standard InChI is InChI=1S/C9H9ClO4/c1-13-9(12)7(11)4-2-6-3-5-8(10)14-6/h3,5H,2,4H2,1H3. The quantitative estimate of drug-likeness (QED) is 0.567. The molecule has 0 aliphatic heterocycles. The number of esters is 1. The minimum absolute atomic E-state index is 0.0660. The molecule has 1 aromatic heterocycles. The van der Waals surface area contributed by atoms with Gasteiger partial charge in [0.15, 0.2) is 5.22 Å². The lowest BCUT2D eigenvalue weighted by molar-refractivity contribution is -0.151. The van der Waals surface area contributed by atoms with Crippen LogP contribution < -0.4 is 0 Å². The van der Waals surface area contributed by atoms with Crippen LogP contribution in [-0.2, 0) is 20.7 Å². The molecule has 0 aliphatic rings. The summed E-state index contributed by atoms with van der Waals surface area (Å²) in [4.78, 5) is 21.7. The van der Waals surface area contributed by atoms with Crippen LogP contribution in [0.2, 0.25) is 5.22 Å². The van der Waals surface area contributed by atoms with E-state index >= 15 is 0 Å². The number of carbonyl (C=O) groups excluding carboxylic acids is 2. The number of carbonyl (C=O) groups is 2. The topological polar surface area (TPSA) is 56.5 Å². The van der Waals surface area contributed by atoms with E-state index in [1.165, 1.54) is 7.11 Å². The zero-order chi connectivity index (χ0) is 10.6. The van der Waals surface area contributed by atoms with Gasteiger partial charge in [-0.2, -0.15) is 0 Å². The first kappa shape index (κ1) is 10.8.